The molecule has 2 rings (SSSR count). The molecule has 1 unspecified atom stereocenters. The van der Waals surface area contributed by atoms with E-state index in [2.05, 4.69) is 27.9 Å². The van der Waals surface area contributed by atoms with Gasteiger partial charge in [-0.05, 0) is 28.2 Å². The summed E-state index contributed by atoms with van der Waals surface area (Å²) in [5.41, 5.74) is 7.38. The molecule has 1 aliphatic carbocycles. The van der Waals surface area contributed by atoms with Crippen LogP contribution in [0, 0.1) is 5.92 Å². The number of nitrogens with zero attached hydrogens (tertiary/aromatic N) is 2. The summed E-state index contributed by atoms with van der Waals surface area (Å²) in [6, 6.07) is 0. The molecule has 2 N–H and O–H groups in total. The fourth-order valence-electron chi connectivity index (χ4n) is 1.45. The normalized spacial score (nSPS) is 21.6. The number of hydrogen-bond donors (Lipinski definition) is 1. The zero-order valence-corrected chi connectivity index (χ0v) is 7.40. The van der Waals surface area contributed by atoms with E-state index >= 15 is 0 Å². The Morgan fingerprint density at radius 1 is 1.54 bits per heavy atom. The van der Waals surface area contributed by atoms with Gasteiger partial charge in [0.2, 0.25) is 0 Å². The number of rotatable bonds is 1. The molecule has 1 heterocycles. The molecule has 0 saturated heterocycles. The standard InChI is InChI=1S/C9H11N3O/c1-6-4-2-3-5-7(6)8-9(10)12-13-11-8/h2-3,5-6H,4H2,1H3,(H2,10,12). The molecule has 4 nitrogen and oxygen atoms in total. The Hall–Kier alpha value is -1.58. The van der Waals surface area contributed by atoms with Crippen LogP contribution < -0.4 is 5.73 Å². The van der Waals surface area contributed by atoms with E-state index < -0.39 is 0 Å². The summed E-state index contributed by atoms with van der Waals surface area (Å²) in [5.74, 6) is 0.799. The molecule has 68 valence electrons. The highest BCUT2D eigenvalue weighted by molar-refractivity contribution is 5.72. The molecule has 1 atom stereocenters. The van der Waals surface area contributed by atoms with Crippen molar-refractivity contribution in [3.05, 3.63) is 23.9 Å². The molecule has 0 spiro atoms. The largest absolute Gasteiger partial charge is 0.379 e. The third-order valence-electron chi connectivity index (χ3n) is 2.22. The van der Waals surface area contributed by atoms with Gasteiger partial charge in [0.25, 0.3) is 0 Å². The Kier molecular flexibility index (Phi) is 1.88. The van der Waals surface area contributed by atoms with E-state index in [9.17, 15) is 0 Å². The van der Waals surface area contributed by atoms with Crippen LogP contribution in [0.2, 0.25) is 0 Å². The second kappa shape index (κ2) is 3.05. The lowest BCUT2D eigenvalue weighted by molar-refractivity contribution is 0.307. The van der Waals surface area contributed by atoms with E-state index in [-0.39, 0.29) is 0 Å². The number of anilines is 1. The molecular formula is C9H11N3O. The molecule has 0 aliphatic heterocycles. The summed E-state index contributed by atoms with van der Waals surface area (Å²) in [4.78, 5) is 0. The van der Waals surface area contributed by atoms with Crippen LogP contribution in [0.3, 0.4) is 0 Å². The van der Waals surface area contributed by atoms with Crippen molar-refractivity contribution >= 4 is 11.4 Å². The summed E-state index contributed by atoms with van der Waals surface area (Å²) in [7, 11) is 0. The molecule has 0 aromatic carbocycles. The van der Waals surface area contributed by atoms with Crippen LogP contribution in [0.25, 0.3) is 5.57 Å². The minimum atomic E-state index is 0.369. The highest BCUT2D eigenvalue weighted by atomic mass is 16.6. The summed E-state index contributed by atoms with van der Waals surface area (Å²) < 4.78 is 4.56. The highest BCUT2D eigenvalue weighted by Gasteiger charge is 2.18. The molecule has 1 aliphatic rings. The van der Waals surface area contributed by atoms with Crippen LogP contribution in [0.4, 0.5) is 5.82 Å². The van der Waals surface area contributed by atoms with Gasteiger partial charge in [-0.25, -0.2) is 4.63 Å². The van der Waals surface area contributed by atoms with Crippen molar-refractivity contribution in [1.82, 2.24) is 10.3 Å². The summed E-state index contributed by atoms with van der Waals surface area (Å²) >= 11 is 0. The van der Waals surface area contributed by atoms with Crippen molar-refractivity contribution in [2.24, 2.45) is 5.92 Å². The first-order chi connectivity index (χ1) is 6.29. The maximum atomic E-state index is 5.60. The first-order valence-electron chi connectivity index (χ1n) is 4.24. The first kappa shape index (κ1) is 8.04. The number of hydrogen-bond acceptors (Lipinski definition) is 4. The summed E-state index contributed by atoms with van der Waals surface area (Å²) in [5, 5.41) is 7.33. The SMILES string of the molecule is CC1CC=CC=C1c1nonc1N. The molecule has 1 aromatic rings. The monoisotopic (exact) mass is 177 g/mol. The molecule has 0 bridgehead atoms. The molecule has 0 radical (unpaired) electrons. The van der Waals surface area contributed by atoms with E-state index in [0.717, 1.165) is 12.0 Å². The molecule has 4 heteroatoms. The average Bonchev–Trinajstić information content (AvgIpc) is 2.52. The van der Waals surface area contributed by atoms with E-state index in [1.807, 2.05) is 12.2 Å². The molecule has 13 heavy (non-hydrogen) atoms. The lowest BCUT2D eigenvalue weighted by Crippen LogP contribution is -2.03. The van der Waals surface area contributed by atoms with Gasteiger partial charge in [0.15, 0.2) is 11.5 Å². The predicted octanol–water partition coefficient (Wildman–Crippen LogP) is 1.63. The van der Waals surface area contributed by atoms with Crippen molar-refractivity contribution in [3.63, 3.8) is 0 Å². The van der Waals surface area contributed by atoms with Gasteiger partial charge < -0.3 is 5.73 Å². The van der Waals surface area contributed by atoms with E-state index in [0.29, 0.717) is 17.4 Å². The van der Waals surface area contributed by atoms with E-state index in [4.69, 9.17) is 5.73 Å². The van der Waals surface area contributed by atoms with Crippen molar-refractivity contribution in [1.29, 1.82) is 0 Å². The van der Waals surface area contributed by atoms with Gasteiger partial charge in [-0.15, -0.1) is 0 Å². The first-order valence-corrected chi connectivity index (χ1v) is 4.24. The zero-order chi connectivity index (χ0) is 9.26. The van der Waals surface area contributed by atoms with Crippen LogP contribution in [-0.2, 0) is 0 Å². The maximum absolute atomic E-state index is 5.60. The van der Waals surface area contributed by atoms with Crippen LogP contribution in [0.15, 0.2) is 22.9 Å². The summed E-state index contributed by atoms with van der Waals surface area (Å²) in [6.45, 7) is 2.13. The summed E-state index contributed by atoms with van der Waals surface area (Å²) in [6.07, 6.45) is 7.14. The Morgan fingerprint density at radius 2 is 2.38 bits per heavy atom. The number of allylic oxidation sites excluding steroid dienone is 4. The topological polar surface area (TPSA) is 64.9 Å². The quantitative estimate of drug-likeness (QED) is 0.708. The van der Waals surface area contributed by atoms with Crippen molar-refractivity contribution in [2.75, 3.05) is 5.73 Å². The Morgan fingerprint density at radius 3 is 3.00 bits per heavy atom. The highest BCUT2D eigenvalue weighted by Crippen LogP contribution is 2.30. The Labute approximate surface area is 76.1 Å². The van der Waals surface area contributed by atoms with Gasteiger partial charge in [-0.2, -0.15) is 0 Å². The van der Waals surface area contributed by atoms with Crippen LogP contribution in [0.5, 0.6) is 0 Å². The van der Waals surface area contributed by atoms with Gasteiger partial charge in [-0.1, -0.05) is 25.2 Å². The van der Waals surface area contributed by atoms with Crippen molar-refractivity contribution < 1.29 is 4.63 Å². The van der Waals surface area contributed by atoms with E-state index in [1.54, 1.807) is 0 Å². The Balaban J connectivity index is 2.40. The van der Waals surface area contributed by atoms with Gasteiger partial charge in [0, 0.05) is 0 Å². The number of nitrogens with two attached hydrogens (primary N) is 1. The van der Waals surface area contributed by atoms with Crippen LogP contribution in [0.1, 0.15) is 19.0 Å². The number of aromatic nitrogens is 2. The minimum absolute atomic E-state index is 0.369. The maximum Gasteiger partial charge on any atom is 0.196 e. The van der Waals surface area contributed by atoms with Crippen LogP contribution in [-0.4, -0.2) is 10.3 Å². The van der Waals surface area contributed by atoms with Gasteiger partial charge in [0.1, 0.15) is 0 Å². The van der Waals surface area contributed by atoms with Gasteiger partial charge in [0.05, 0.1) is 0 Å². The average molecular weight is 177 g/mol. The fraction of sp³-hybridized carbons (Fsp3) is 0.333. The smallest absolute Gasteiger partial charge is 0.196 e. The molecular weight excluding hydrogens is 166 g/mol. The van der Waals surface area contributed by atoms with Gasteiger partial charge in [-0.3, -0.25) is 0 Å². The number of nitrogen functional groups attached to an aromatic ring is 1. The predicted molar refractivity (Wildman–Crippen MR) is 49.6 cm³/mol. The molecule has 1 aromatic heterocycles. The van der Waals surface area contributed by atoms with Crippen molar-refractivity contribution in [3.8, 4) is 0 Å². The minimum Gasteiger partial charge on any atom is -0.379 e. The van der Waals surface area contributed by atoms with Crippen molar-refractivity contribution in [2.45, 2.75) is 13.3 Å². The third kappa shape index (κ3) is 1.35. The van der Waals surface area contributed by atoms with E-state index in [1.165, 1.54) is 0 Å². The molecule has 0 amide bonds. The fourth-order valence-corrected chi connectivity index (χ4v) is 1.45. The lowest BCUT2D eigenvalue weighted by Gasteiger charge is -2.14. The molecule has 0 saturated carbocycles. The van der Waals surface area contributed by atoms with Gasteiger partial charge >= 0.3 is 0 Å². The third-order valence-corrected chi connectivity index (χ3v) is 2.22. The molecule has 0 fully saturated rings. The second-order valence-corrected chi connectivity index (χ2v) is 3.18. The zero-order valence-electron chi connectivity index (χ0n) is 7.40. The van der Waals surface area contributed by atoms with Crippen LogP contribution >= 0.6 is 0 Å². The second-order valence-electron chi connectivity index (χ2n) is 3.18. The lowest BCUT2D eigenvalue weighted by atomic mass is 9.91. The Bertz CT molecular complexity index is 365.